The van der Waals surface area contributed by atoms with Crippen molar-refractivity contribution >= 4 is 11.9 Å². The molecule has 0 aliphatic heterocycles. The van der Waals surface area contributed by atoms with E-state index >= 15 is 0 Å². The lowest BCUT2D eigenvalue weighted by atomic mass is 10.2. The van der Waals surface area contributed by atoms with Crippen LogP contribution in [-0.2, 0) is 16.1 Å². The monoisotopic (exact) mass is 251 g/mol. The number of aliphatic carboxylic acids is 1. The number of nitrogens with zero attached hydrogens (tertiary/aromatic N) is 1. The standard InChI is InChI=1S/C13H18N2O3/c16-12(14-8-7-13(17)18)6-2-5-11-15-9-3-1-4-10-15/h1,3-4,9-10H,2,5-8,11H2,(H-,14,16,17,18)/p+1. The highest BCUT2D eigenvalue weighted by molar-refractivity contribution is 5.76. The van der Waals surface area contributed by atoms with Gasteiger partial charge in [-0.25, -0.2) is 4.57 Å². The fourth-order valence-electron chi connectivity index (χ4n) is 1.56. The third-order valence-corrected chi connectivity index (χ3v) is 2.51. The van der Waals surface area contributed by atoms with Crippen LogP contribution in [0.1, 0.15) is 25.7 Å². The van der Waals surface area contributed by atoms with Crippen molar-refractivity contribution in [1.29, 1.82) is 0 Å². The second-order valence-corrected chi connectivity index (χ2v) is 4.06. The molecule has 5 nitrogen and oxygen atoms in total. The van der Waals surface area contributed by atoms with E-state index in [1.165, 1.54) is 0 Å². The molecule has 1 amide bonds. The van der Waals surface area contributed by atoms with Gasteiger partial charge in [0.25, 0.3) is 0 Å². The van der Waals surface area contributed by atoms with Gasteiger partial charge in [-0.1, -0.05) is 6.07 Å². The maximum Gasteiger partial charge on any atom is 0.305 e. The molecule has 1 aromatic rings. The normalized spacial score (nSPS) is 10.0. The highest BCUT2D eigenvalue weighted by atomic mass is 16.4. The molecule has 18 heavy (non-hydrogen) atoms. The number of carboxylic acid groups (broad SMARTS) is 1. The predicted molar refractivity (Wildman–Crippen MR) is 65.8 cm³/mol. The Kier molecular flexibility index (Phi) is 6.46. The smallest absolute Gasteiger partial charge is 0.305 e. The SMILES string of the molecule is O=C(O)CCNC(=O)CCCC[n+]1ccccc1. The average molecular weight is 251 g/mol. The molecule has 1 rings (SSSR count). The van der Waals surface area contributed by atoms with E-state index in [1.54, 1.807) is 0 Å². The molecular formula is C13H19N2O3+. The van der Waals surface area contributed by atoms with Crippen LogP contribution in [0.15, 0.2) is 30.6 Å². The van der Waals surface area contributed by atoms with Crippen LogP contribution in [0.3, 0.4) is 0 Å². The lowest BCUT2D eigenvalue weighted by Gasteiger charge is -2.02. The van der Waals surface area contributed by atoms with Crippen molar-refractivity contribution in [2.75, 3.05) is 6.54 Å². The number of aromatic nitrogens is 1. The molecule has 0 saturated carbocycles. The molecule has 1 heterocycles. The fraction of sp³-hybridized carbons (Fsp3) is 0.462. The number of unbranched alkanes of at least 4 members (excludes halogenated alkanes) is 1. The number of carbonyl (C=O) groups excluding carboxylic acids is 1. The Bertz CT molecular complexity index is 379. The van der Waals surface area contributed by atoms with E-state index in [0.717, 1.165) is 19.4 Å². The van der Waals surface area contributed by atoms with Gasteiger partial charge in [0.05, 0.1) is 6.42 Å². The van der Waals surface area contributed by atoms with E-state index in [4.69, 9.17) is 5.11 Å². The number of carbonyl (C=O) groups is 2. The minimum atomic E-state index is -0.893. The van der Waals surface area contributed by atoms with Crippen molar-refractivity contribution < 1.29 is 19.3 Å². The Morgan fingerprint density at radius 2 is 1.78 bits per heavy atom. The zero-order valence-corrected chi connectivity index (χ0v) is 10.3. The molecule has 1 aromatic heterocycles. The lowest BCUT2D eigenvalue weighted by Crippen LogP contribution is -2.32. The van der Waals surface area contributed by atoms with Gasteiger partial charge in [0.15, 0.2) is 12.4 Å². The molecule has 0 aliphatic rings. The summed E-state index contributed by atoms with van der Waals surface area (Å²) in [6, 6.07) is 5.91. The first-order valence-electron chi connectivity index (χ1n) is 6.11. The fourth-order valence-corrected chi connectivity index (χ4v) is 1.56. The first-order chi connectivity index (χ1) is 8.68. The van der Waals surface area contributed by atoms with E-state index in [0.29, 0.717) is 6.42 Å². The summed E-state index contributed by atoms with van der Waals surface area (Å²) in [6.07, 6.45) is 6.15. The molecule has 0 atom stereocenters. The number of hydrogen-bond donors (Lipinski definition) is 2. The van der Waals surface area contributed by atoms with Crippen molar-refractivity contribution in [3.8, 4) is 0 Å². The Morgan fingerprint density at radius 1 is 1.06 bits per heavy atom. The molecule has 0 spiro atoms. The van der Waals surface area contributed by atoms with Crippen LogP contribution in [-0.4, -0.2) is 23.5 Å². The van der Waals surface area contributed by atoms with E-state index in [2.05, 4.69) is 9.88 Å². The minimum absolute atomic E-state index is 0.0222. The van der Waals surface area contributed by atoms with Crippen LogP contribution in [0.4, 0.5) is 0 Å². The van der Waals surface area contributed by atoms with Crippen LogP contribution in [0.2, 0.25) is 0 Å². The third kappa shape index (κ3) is 6.62. The number of aryl methyl sites for hydroxylation is 1. The second-order valence-electron chi connectivity index (χ2n) is 4.06. The van der Waals surface area contributed by atoms with Crippen molar-refractivity contribution in [3.05, 3.63) is 30.6 Å². The number of pyridine rings is 1. The predicted octanol–water partition coefficient (Wildman–Crippen LogP) is 0.735. The Morgan fingerprint density at radius 3 is 2.44 bits per heavy atom. The van der Waals surface area contributed by atoms with Gasteiger partial charge in [0, 0.05) is 31.5 Å². The highest BCUT2D eigenvalue weighted by Crippen LogP contribution is 1.95. The summed E-state index contributed by atoms with van der Waals surface area (Å²) in [5.41, 5.74) is 0. The van der Waals surface area contributed by atoms with Gasteiger partial charge in [0.1, 0.15) is 6.54 Å². The summed E-state index contributed by atoms with van der Waals surface area (Å²) in [5, 5.41) is 11.0. The molecule has 0 aromatic carbocycles. The quantitative estimate of drug-likeness (QED) is 0.528. The minimum Gasteiger partial charge on any atom is -0.481 e. The second kappa shape index (κ2) is 8.22. The van der Waals surface area contributed by atoms with Gasteiger partial charge in [0.2, 0.25) is 5.91 Å². The van der Waals surface area contributed by atoms with E-state index in [-0.39, 0.29) is 18.9 Å². The van der Waals surface area contributed by atoms with E-state index < -0.39 is 5.97 Å². The summed E-state index contributed by atoms with van der Waals surface area (Å²) in [7, 11) is 0. The first kappa shape index (κ1) is 14.2. The molecular weight excluding hydrogens is 232 g/mol. The third-order valence-electron chi connectivity index (χ3n) is 2.51. The highest BCUT2D eigenvalue weighted by Gasteiger charge is 2.04. The van der Waals surface area contributed by atoms with E-state index in [1.807, 2.05) is 30.6 Å². The largest absolute Gasteiger partial charge is 0.481 e. The number of nitrogens with one attached hydrogen (secondary N) is 1. The Labute approximate surface area is 106 Å². The molecule has 0 aliphatic carbocycles. The molecule has 98 valence electrons. The summed E-state index contributed by atoms with van der Waals surface area (Å²) >= 11 is 0. The Hall–Kier alpha value is -1.91. The van der Waals surface area contributed by atoms with Gasteiger partial charge in [-0.05, 0) is 6.42 Å². The van der Waals surface area contributed by atoms with Crippen molar-refractivity contribution in [1.82, 2.24) is 5.32 Å². The molecule has 0 fully saturated rings. The van der Waals surface area contributed by atoms with Crippen LogP contribution >= 0.6 is 0 Å². The summed E-state index contributed by atoms with van der Waals surface area (Å²) in [4.78, 5) is 21.6. The van der Waals surface area contributed by atoms with Gasteiger partial charge in [-0.3, -0.25) is 9.59 Å². The number of carboxylic acids is 1. The summed E-state index contributed by atoms with van der Waals surface area (Å²) in [5.74, 6) is -0.968. The van der Waals surface area contributed by atoms with Crippen LogP contribution in [0.25, 0.3) is 0 Å². The Balaban J connectivity index is 2.04. The van der Waals surface area contributed by atoms with Gasteiger partial charge >= 0.3 is 5.97 Å². The molecule has 0 unspecified atom stereocenters. The maximum absolute atomic E-state index is 11.3. The zero-order valence-electron chi connectivity index (χ0n) is 10.3. The van der Waals surface area contributed by atoms with Gasteiger partial charge < -0.3 is 10.4 Å². The van der Waals surface area contributed by atoms with Gasteiger partial charge in [-0.15, -0.1) is 0 Å². The van der Waals surface area contributed by atoms with Crippen molar-refractivity contribution in [2.24, 2.45) is 0 Å². The van der Waals surface area contributed by atoms with Crippen molar-refractivity contribution in [2.45, 2.75) is 32.2 Å². The van der Waals surface area contributed by atoms with Crippen molar-refractivity contribution in [3.63, 3.8) is 0 Å². The molecule has 5 heteroatoms. The topological polar surface area (TPSA) is 70.3 Å². The summed E-state index contributed by atoms with van der Waals surface area (Å²) < 4.78 is 2.07. The zero-order chi connectivity index (χ0) is 13.2. The molecule has 0 radical (unpaired) electrons. The number of rotatable bonds is 8. The number of hydrogen-bond acceptors (Lipinski definition) is 2. The average Bonchev–Trinajstić information content (AvgIpc) is 2.35. The van der Waals surface area contributed by atoms with Gasteiger partial charge in [-0.2, -0.15) is 0 Å². The number of amides is 1. The summed E-state index contributed by atoms with van der Waals surface area (Å²) in [6.45, 7) is 1.10. The first-order valence-corrected chi connectivity index (χ1v) is 6.11. The van der Waals surface area contributed by atoms with E-state index in [9.17, 15) is 9.59 Å². The molecule has 2 N–H and O–H groups in total. The maximum atomic E-state index is 11.3. The van der Waals surface area contributed by atoms with Crippen LogP contribution < -0.4 is 9.88 Å². The lowest BCUT2D eigenvalue weighted by molar-refractivity contribution is -0.697. The van der Waals surface area contributed by atoms with Crippen LogP contribution in [0.5, 0.6) is 0 Å². The molecule has 0 saturated heterocycles. The molecule has 0 bridgehead atoms. The van der Waals surface area contributed by atoms with Crippen LogP contribution in [0, 0.1) is 0 Å².